The first kappa shape index (κ1) is 20.8. The zero-order chi connectivity index (χ0) is 22.5. The number of aromatic nitrogens is 1. The number of nitrogens with zero attached hydrogens (tertiary/aromatic N) is 2. The molecule has 1 spiro atoms. The van der Waals surface area contributed by atoms with Crippen molar-refractivity contribution in [3.05, 3.63) is 58.9 Å². The van der Waals surface area contributed by atoms with Crippen molar-refractivity contribution in [3.63, 3.8) is 0 Å². The van der Waals surface area contributed by atoms with E-state index in [-0.39, 0.29) is 30.0 Å². The number of nitrogens with two attached hydrogens (primary N) is 1. The van der Waals surface area contributed by atoms with Crippen LogP contribution in [0.3, 0.4) is 0 Å². The smallest absolute Gasteiger partial charge is 0.283 e. The first-order chi connectivity index (χ1) is 15.4. The molecule has 3 aliphatic rings. The highest BCUT2D eigenvalue weighted by atomic mass is 16.5. The lowest BCUT2D eigenvalue weighted by atomic mass is 9.67. The Bertz CT molecular complexity index is 1070. The highest BCUT2D eigenvalue weighted by molar-refractivity contribution is 5.92. The lowest BCUT2D eigenvalue weighted by Crippen LogP contribution is -2.54. The number of aliphatic imine (C=N–C) groups is 1. The van der Waals surface area contributed by atoms with Crippen molar-refractivity contribution in [2.45, 2.75) is 63.6 Å². The number of benzene rings is 1. The molecule has 1 amide bonds. The van der Waals surface area contributed by atoms with Crippen LogP contribution in [-0.4, -0.2) is 35.7 Å². The predicted molar refractivity (Wildman–Crippen MR) is 122 cm³/mol. The molecular formula is C25H30N4O3. The molecule has 1 aliphatic carbocycles. The van der Waals surface area contributed by atoms with Crippen molar-refractivity contribution < 1.29 is 14.3 Å². The number of carbonyl (C=O) groups excluding carboxylic acids is 1. The van der Waals surface area contributed by atoms with Gasteiger partial charge in [-0.15, -0.1) is 0 Å². The summed E-state index contributed by atoms with van der Waals surface area (Å²) in [5.74, 6) is 1.17. The van der Waals surface area contributed by atoms with Gasteiger partial charge < -0.3 is 20.5 Å². The Balaban J connectivity index is 1.44. The number of hydrogen-bond donors (Lipinski definition) is 2. The molecule has 4 atom stereocenters. The van der Waals surface area contributed by atoms with E-state index in [1.54, 1.807) is 12.3 Å². The van der Waals surface area contributed by atoms with Crippen LogP contribution in [0.5, 0.6) is 5.75 Å². The molecule has 0 saturated heterocycles. The number of carbonyl (C=O) groups is 1. The van der Waals surface area contributed by atoms with Gasteiger partial charge in [0.05, 0.1) is 0 Å². The third kappa shape index (κ3) is 3.49. The van der Waals surface area contributed by atoms with Crippen molar-refractivity contribution in [2.24, 2.45) is 16.6 Å². The van der Waals surface area contributed by atoms with Crippen LogP contribution in [0.25, 0.3) is 0 Å². The summed E-state index contributed by atoms with van der Waals surface area (Å²) in [4.78, 5) is 21.9. The third-order valence-electron chi connectivity index (χ3n) is 7.04. The molecule has 2 aliphatic heterocycles. The summed E-state index contributed by atoms with van der Waals surface area (Å²) in [5.41, 5.74) is 9.18. The summed E-state index contributed by atoms with van der Waals surface area (Å²) in [6, 6.07) is 10.3. The van der Waals surface area contributed by atoms with Gasteiger partial charge in [0.2, 0.25) is 0 Å². The summed E-state index contributed by atoms with van der Waals surface area (Å²) in [6.07, 6.45) is 4.14. The van der Waals surface area contributed by atoms with Gasteiger partial charge in [0.25, 0.3) is 11.9 Å². The van der Waals surface area contributed by atoms with E-state index in [1.165, 1.54) is 5.56 Å². The van der Waals surface area contributed by atoms with Crippen LogP contribution >= 0.6 is 0 Å². The molecule has 0 bridgehead atoms. The molecule has 7 nitrogen and oxygen atoms in total. The van der Waals surface area contributed by atoms with Crippen LogP contribution in [0.2, 0.25) is 0 Å². The molecule has 1 aromatic heterocycles. The molecule has 1 saturated carbocycles. The Labute approximate surface area is 188 Å². The van der Waals surface area contributed by atoms with Crippen LogP contribution < -0.4 is 15.8 Å². The molecule has 1 unspecified atom stereocenters. The third-order valence-corrected chi connectivity index (χ3v) is 7.04. The van der Waals surface area contributed by atoms with Gasteiger partial charge in [0.1, 0.15) is 29.7 Å². The Kier molecular flexibility index (Phi) is 5.07. The maximum Gasteiger partial charge on any atom is 0.283 e. The van der Waals surface area contributed by atoms with Crippen molar-refractivity contribution in [1.82, 2.24) is 10.3 Å². The van der Waals surface area contributed by atoms with Crippen LogP contribution in [0.1, 0.15) is 66.2 Å². The molecular weight excluding hydrogens is 404 g/mol. The van der Waals surface area contributed by atoms with E-state index in [2.05, 4.69) is 42.3 Å². The highest BCUT2D eigenvalue weighted by Gasteiger charge is 2.55. The summed E-state index contributed by atoms with van der Waals surface area (Å²) >= 11 is 0. The monoisotopic (exact) mass is 434 g/mol. The molecule has 5 rings (SSSR count). The standard InChI is InChI=1S/C25H30N4O3/c1-14(2)16-5-8-21-18(10-16)25(13-31-24(26)29-25)19-11-17(6-9-22(19)32-21)28-23(30)20-7-4-15(3)12-27-20/h4-5,7-8,10,12,14,17,19,22H,6,9,11,13H2,1-3H3,(H2,26,29)(H,28,30)/t17?,19-,22-,25-/m1/s1. The lowest BCUT2D eigenvalue weighted by Gasteiger charge is -2.48. The number of nitrogens with one attached hydrogen (secondary N) is 1. The Morgan fingerprint density at radius 3 is 2.78 bits per heavy atom. The van der Waals surface area contributed by atoms with Crippen LogP contribution in [0, 0.1) is 12.8 Å². The average molecular weight is 435 g/mol. The molecule has 3 heterocycles. The largest absolute Gasteiger partial charge is 0.490 e. The molecule has 1 fully saturated rings. The fourth-order valence-electron chi connectivity index (χ4n) is 5.26. The van der Waals surface area contributed by atoms with Gasteiger partial charge >= 0.3 is 0 Å². The number of fused-ring (bicyclic) bond motifs is 4. The van der Waals surface area contributed by atoms with E-state index in [0.717, 1.165) is 36.1 Å². The van der Waals surface area contributed by atoms with Crippen molar-refractivity contribution in [3.8, 4) is 5.75 Å². The number of amides is 1. The molecule has 0 radical (unpaired) electrons. The summed E-state index contributed by atoms with van der Waals surface area (Å²) in [5, 5.41) is 3.18. The van der Waals surface area contributed by atoms with Crippen molar-refractivity contribution >= 4 is 11.9 Å². The fraction of sp³-hybridized carbons (Fsp3) is 0.480. The molecule has 1 aromatic carbocycles. The number of hydrogen-bond acceptors (Lipinski definition) is 6. The van der Waals surface area contributed by atoms with E-state index >= 15 is 0 Å². The molecule has 3 N–H and O–H groups in total. The van der Waals surface area contributed by atoms with Gasteiger partial charge in [-0.05, 0) is 61.4 Å². The Morgan fingerprint density at radius 2 is 2.09 bits per heavy atom. The van der Waals surface area contributed by atoms with Gasteiger partial charge in [-0.3, -0.25) is 9.78 Å². The number of ether oxygens (including phenoxy) is 2. The molecule has 168 valence electrons. The van der Waals surface area contributed by atoms with E-state index < -0.39 is 5.54 Å². The number of amidine groups is 1. The quantitative estimate of drug-likeness (QED) is 0.771. The Morgan fingerprint density at radius 1 is 1.25 bits per heavy atom. The van der Waals surface area contributed by atoms with E-state index in [0.29, 0.717) is 18.2 Å². The van der Waals surface area contributed by atoms with Crippen LogP contribution in [-0.2, 0) is 10.3 Å². The highest BCUT2D eigenvalue weighted by Crippen LogP contribution is 2.52. The first-order valence-corrected chi connectivity index (χ1v) is 11.4. The zero-order valence-electron chi connectivity index (χ0n) is 18.8. The van der Waals surface area contributed by atoms with Gasteiger partial charge in [0.15, 0.2) is 0 Å². The molecule has 7 heteroatoms. The number of rotatable bonds is 3. The summed E-state index contributed by atoms with van der Waals surface area (Å²) in [6.45, 7) is 6.71. The van der Waals surface area contributed by atoms with Crippen LogP contribution in [0.15, 0.2) is 41.5 Å². The predicted octanol–water partition coefficient (Wildman–Crippen LogP) is 3.41. The van der Waals surface area contributed by atoms with E-state index in [9.17, 15) is 4.79 Å². The SMILES string of the molecule is Cc1ccc(C(=O)NC2CC[C@H]3Oc4ccc(C(C)C)cc4[C@]4(COC(N)=N4)[C@@H]3C2)nc1. The van der Waals surface area contributed by atoms with Crippen molar-refractivity contribution in [1.29, 1.82) is 0 Å². The maximum absolute atomic E-state index is 12.8. The number of aryl methyl sites for hydroxylation is 1. The van der Waals surface area contributed by atoms with Gasteiger partial charge in [-0.1, -0.05) is 26.0 Å². The second-order valence-electron chi connectivity index (χ2n) is 9.54. The molecule has 2 aromatic rings. The summed E-state index contributed by atoms with van der Waals surface area (Å²) in [7, 11) is 0. The number of pyridine rings is 1. The minimum Gasteiger partial charge on any atom is -0.490 e. The summed E-state index contributed by atoms with van der Waals surface area (Å²) < 4.78 is 12.2. The Hall–Kier alpha value is -3.09. The van der Waals surface area contributed by atoms with E-state index in [4.69, 9.17) is 20.2 Å². The van der Waals surface area contributed by atoms with Crippen LogP contribution in [0.4, 0.5) is 0 Å². The average Bonchev–Trinajstić information content (AvgIpc) is 3.17. The second kappa shape index (κ2) is 7.80. The second-order valence-corrected chi connectivity index (χ2v) is 9.54. The fourth-order valence-corrected chi connectivity index (χ4v) is 5.26. The van der Waals surface area contributed by atoms with Gasteiger partial charge in [-0.25, -0.2) is 4.99 Å². The maximum atomic E-state index is 12.8. The van der Waals surface area contributed by atoms with Gasteiger partial charge in [0, 0.05) is 23.7 Å². The van der Waals surface area contributed by atoms with E-state index in [1.807, 2.05) is 13.0 Å². The topological polar surface area (TPSA) is 98.8 Å². The van der Waals surface area contributed by atoms with Crippen molar-refractivity contribution in [2.75, 3.05) is 6.61 Å². The minimum atomic E-state index is -0.585. The zero-order valence-corrected chi connectivity index (χ0v) is 18.8. The van der Waals surface area contributed by atoms with Gasteiger partial charge in [-0.2, -0.15) is 0 Å². The normalized spacial score (nSPS) is 28.4. The molecule has 32 heavy (non-hydrogen) atoms. The lowest BCUT2D eigenvalue weighted by molar-refractivity contribution is -0.00197. The minimum absolute atomic E-state index is 0.0105. The first-order valence-electron chi connectivity index (χ1n) is 11.4.